The number of hydrogen-bond acceptors (Lipinski definition) is 3. The van der Waals surface area contributed by atoms with Crippen molar-refractivity contribution in [2.45, 2.75) is 13.0 Å². The molecule has 0 radical (unpaired) electrons. The molecule has 0 bridgehead atoms. The van der Waals surface area contributed by atoms with Crippen LogP contribution in [0, 0.1) is 11.6 Å². The van der Waals surface area contributed by atoms with Gasteiger partial charge in [-0.3, -0.25) is 4.79 Å². The Balaban J connectivity index is 1.95. The summed E-state index contributed by atoms with van der Waals surface area (Å²) in [6, 6.07) is 8.72. The summed E-state index contributed by atoms with van der Waals surface area (Å²) in [5.41, 5.74) is 1.25. The number of carbonyl (C=O) groups excluding carboxylic acids is 1. The molecular weight excluding hydrogens is 304 g/mol. The third-order valence-electron chi connectivity index (χ3n) is 3.29. The lowest BCUT2D eigenvalue weighted by molar-refractivity contribution is -0.120. The molecule has 2 rings (SSSR count). The number of rotatable bonds is 6. The van der Waals surface area contributed by atoms with Crippen LogP contribution < -0.4 is 14.8 Å². The van der Waals surface area contributed by atoms with Gasteiger partial charge in [0.1, 0.15) is 0 Å². The van der Waals surface area contributed by atoms with Gasteiger partial charge in [0.25, 0.3) is 0 Å². The first-order valence-electron chi connectivity index (χ1n) is 6.95. The molecule has 2 aromatic carbocycles. The zero-order valence-electron chi connectivity index (χ0n) is 12.9. The van der Waals surface area contributed by atoms with Crippen molar-refractivity contribution in [1.29, 1.82) is 0 Å². The summed E-state index contributed by atoms with van der Waals surface area (Å²) in [5.74, 6) is -0.958. The van der Waals surface area contributed by atoms with E-state index in [0.29, 0.717) is 17.1 Å². The molecule has 0 aliphatic heterocycles. The Labute approximate surface area is 133 Å². The standard InChI is InChI=1S/C17H17F2NO3/c1-22-15-6-4-11(8-16(15)23-2)9-17(21)20-10-12-3-5-13(18)14(19)7-12/h3-8H,9-10H2,1-2H3,(H,20,21). The zero-order chi connectivity index (χ0) is 16.8. The third-order valence-corrected chi connectivity index (χ3v) is 3.29. The van der Waals surface area contributed by atoms with Crippen LogP contribution in [-0.2, 0) is 17.8 Å². The highest BCUT2D eigenvalue weighted by Gasteiger charge is 2.09. The number of halogens is 2. The molecule has 0 unspecified atom stereocenters. The van der Waals surface area contributed by atoms with Crippen LogP contribution in [0.3, 0.4) is 0 Å². The predicted molar refractivity (Wildman–Crippen MR) is 81.5 cm³/mol. The van der Waals surface area contributed by atoms with Crippen LogP contribution in [0.2, 0.25) is 0 Å². The molecule has 0 aliphatic carbocycles. The van der Waals surface area contributed by atoms with Gasteiger partial charge >= 0.3 is 0 Å². The Morgan fingerprint density at radius 2 is 1.65 bits per heavy atom. The van der Waals surface area contributed by atoms with E-state index < -0.39 is 11.6 Å². The summed E-state index contributed by atoms with van der Waals surface area (Å²) in [5, 5.41) is 2.66. The van der Waals surface area contributed by atoms with Crippen molar-refractivity contribution in [2.75, 3.05) is 14.2 Å². The van der Waals surface area contributed by atoms with Gasteiger partial charge in [0, 0.05) is 6.54 Å². The molecule has 1 amide bonds. The van der Waals surface area contributed by atoms with Gasteiger partial charge < -0.3 is 14.8 Å². The van der Waals surface area contributed by atoms with Gasteiger partial charge in [-0.1, -0.05) is 12.1 Å². The number of ether oxygens (including phenoxy) is 2. The second kappa shape index (κ2) is 7.58. The van der Waals surface area contributed by atoms with Gasteiger partial charge in [-0.25, -0.2) is 8.78 Å². The van der Waals surface area contributed by atoms with Crippen molar-refractivity contribution in [3.05, 3.63) is 59.2 Å². The van der Waals surface area contributed by atoms with Crippen LogP contribution in [0.15, 0.2) is 36.4 Å². The maximum absolute atomic E-state index is 13.1. The van der Waals surface area contributed by atoms with Gasteiger partial charge in [0.05, 0.1) is 20.6 Å². The fourth-order valence-corrected chi connectivity index (χ4v) is 2.09. The smallest absolute Gasteiger partial charge is 0.224 e. The fraction of sp³-hybridized carbons (Fsp3) is 0.235. The molecular formula is C17H17F2NO3. The fourth-order valence-electron chi connectivity index (χ4n) is 2.09. The molecule has 0 saturated carbocycles. The maximum atomic E-state index is 13.1. The molecule has 0 saturated heterocycles. The summed E-state index contributed by atoms with van der Waals surface area (Å²) in [7, 11) is 3.05. The van der Waals surface area contributed by atoms with E-state index in [1.54, 1.807) is 18.2 Å². The average molecular weight is 321 g/mol. The van der Waals surface area contributed by atoms with E-state index in [2.05, 4.69) is 5.32 Å². The highest BCUT2D eigenvalue weighted by Crippen LogP contribution is 2.27. The summed E-state index contributed by atoms with van der Waals surface area (Å²) in [4.78, 5) is 11.9. The molecule has 0 aliphatic rings. The monoisotopic (exact) mass is 321 g/mol. The quantitative estimate of drug-likeness (QED) is 0.890. The zero-order valence-corrected chi connectivity index (χ0v) is 12.9. The van der Waals surface area contributed by atoms with Crippen LogP contribution in [0.1, 0.15) is 11.1 Å². The number of benzene rings is 2. The van der Waals surface area contributed by atoms with Crippen LogP contribution >= 0.6 is 0 Å². The Morgan fingerprint density at radius 1 is 0.957 bits per heavy atom. The number of carbonyl (C=O) groups is 1. The Morgan fingerprint density at radius 3 is 2.30 bits per heavy atom. The topological polar surface area (TPSA) is 47.6 Å². The molecule has 23 heavy (non-hydrogen) atoms. The minimum Gasteiger partial charge on any atom is -0.493 e. The SMILES string of the molecule is COc1ccc(CC(=O)NCc2ccc(F)c(F)c2)cc1OC. The van der Waals surface area contributed by atoms with Crippen molar-refractivity contribution >= 4 is 5.91 Å². The lowest BCUT2D eigenvalue weighted by Gasteiger charge is -2.10. The van der Waals surface area contributed by atoms with E-state index in [4.69, 9.17) is 9.47 Å². The highest BCUT2D eigenvalue weighted by molar-refractivity contribution is 5.78. The normalized spacial score (nSPS) is 10.3. The summed E-state index contributed by atoms with van der Waals surface area (Å²) < 4.78 is 36.2. The van der Waals surface area contributed by atoms with Gasteiger partial charge in [0.2, 0.25) is 5.91 Å². The minimum atomic E-state index is -0.934. The molecule has 0 fully saturated rings. The first-order chi connectivity index (χ1) is 11.0. The molecule has 1 N–H and O–H groups in total. The second-order valence-electron chi connectivity index (χ2n) is 4.89. The lowest BCUT2D eigenvalue weighted by atomic mass is 10.1. The molecule has 0 spiro atoms. The van der Waals surface area contributed by atoms with Gasteiger partial charge in [-0.15, -0.1) is 0 Å². The molecule has 0 heterocycles. The Bertz CT molecular complexity index is 704. The Kier molecular flexibility index (Phi) is 5.51. The summed E-state index contributed by atoms with van der Waals surface area (Å²) in [6.07, 6.45) is 0.143. The van der Waals surface area contributed by atoms with E-state index >= 15 is 0 Å². The number of amides is 1. The van der Waals surface area contributed by atoms with E-state index in [0.717, 1.165) is 17.7 Å². The van der Waals surface area contributed by atoms with Crippen molar-refractivity contribution in [3.63, 3.8) is 0 Å². The number of nitrogens with one attached hydrogen (secondary N) is 1. The molecule has 6 heteroatoms. The first-order valence-corrected chi connectivity index (χ1v) is 6.95. The van der Waals surface area contributed by atoms with E-state index in [9.17, 15) is 13.6 Å². The summed E-state index contributed by atoms with van der Waals surface area (Å²) in [6.45, 7) is 0.128. The Hall–Kier alpha value is -2.63. The van der Waals surface area contributed by atoms with Crippen LogP contribution in [0.5, 0.6) is 11.5 Å². The molecule has 0 aromatic heterocycles. The van der Waals surface area contributed by atoms with Crippen LogP contribution in [0.4, 0.5) is 8.78 Å². The van der Waals surface area contributed by atoms with Gasteiger partial charge in [-0.05, 0) is 35.4 Å². The largest absolute Gasteiger partial charge is 0.493 e. The van der Waals surface area contributed by atoms with Gasteiger partial charge in [0.15, 0.2) is 23.1 Å². The summed E-state index contributed by atoms with van der Waals surface area (Å²) >= 11 is 0. The predicted octanol–water partition coefficient (Wildman–Crippen LogP) is 2.84. The van der Waals surface area contributed by atoms with E-state index in [1.165, 1.54) is 20.3 Å². The second-order valence-corrected chi connectivity index (χ2v) is 4.89. The van der Waals surface area contributed by atoms with E-state index in [-0.39, 0.29) is 18.9 Å². The van der Waals surface area contributed by atoms with Crippen molar-refractivity contribution in [3.8, 4) is 11.5 Å². The van der Waals surface area contributed by atoms with Gasteiger partial charge in [-0.2, -0.15) is 0 Å². The van der Waals surface area contributed by atoms with Crippen LogP contribution in [0.25, 0.3) is 0 Å². The molecule has 2 aromatic rings. The lowest BCUT2D eigenvalue weighted by Crippen LogP contribution is -2.24. The maximum Gasteiger partial charge on any atom is 0.224 e. The van der Waals surface area contributed by atoms with E-state index in [1.807, 2.05) is 0 Å². The minimum absolute atomic E-state index is 0.128. The molecule has 0 atom stereocenters. The van der Waals surface area contributed by atoms with Crippen molar-refractivity contribution in [2.24, 2.45) is 0 Å². The van der Waals surface area contributed by atoms with Crippen molar-refractivity contribution < 1.29 is 23.0 Å². The third kappa shape index (κ3) is 4.42. The number of hydrogen-bond donors (Lipinski definition) is 1. The number of methoxy groups -OCH3 is 2. The van der Waals surface area contributed by atoms with Crippen molar-refractivity contribution in [1.82, 2.24) is 5.32 Å². The molecule has 122 valence electrons. The van der Waals surface area contributed by atoms with Crippen LogP contribution in [-0.4, -0.2) is 20.1 Å². The highest BCUT2D eigenvalue weighted by atomic mass is 19.2. The average Bonchev–Trinajstić information content (AvgIpc) is 2.55. The molecule has 4 nitrogen and oxygen atoms in total. The first kappa shape index (κ1) is 16.7.